The smallest absolute Gasteiger partial charge is 0.366 e. The van der Waals surface area contributed by atoms with E-state index in [1.54, 1.807) is 0 Å². The van der Waals surface area contributed by atoms with Crippen molar-refractivity contribution in [3.05, 3.63) is 42.1 Å². The fraction of sp³-hybridized carbons (Fsp3) is 0.133. The number of amides is 1. The minimum absolute atomic E-state index is 0.00534. The Kier molecular flexibility index (Phi) is 5.89. The van der Waals surface area contributed by atoms with E-state index in [0.717, 1.165) is 0 Å². The fourth-order valence-electron chi connectivity index (χ4n) is 2.39. The third-order valence-electron chi connectivity index (χ3n) is 3.93. The molecule has 0 atom stereocenters. The number of alkyl halides is 6. The highest BCUT2D eigenvalue weighted by molar-refractivity contribution is 7.91. The molecule has 0 bridgehead atoms. The average Bonchev–Trinajstić information content (AvgIpc) is 3.11. The number of hydrogen-bond acceptors (Lipinski definition) is 9. The molecule has 2 heterocycles. The van der Waals surface area contributed by atoms with Crippen molar-refractivity contribution in [1.82, 2.24) is 13.9 Å². The lowest BCUT2D eigenvalue weighted by Crippen LogP contribution is -2.30. The zero-order valence-electron chi connectivity index (χ0n) is 15.9. The van der Waals surface area contributed by atoms with Gasteiger partial charge in [0.1, 0.15) is 0 Å². The molecule has 11 nitrogen and oxygen atoms in total. The van der Waals surface area contributed by atoms with E-state index in [4.69, 9.17) is 5.73 Å². The predicted octanol–water partition coefficient (Wildman–Crippen LogP) is 2.20. The maximum absolute atomic E-state index is 13.0. The van der Waals surface area contributed by atoms with Gasteiger partial charge in [0.15, 0.2) is 5.65 Å². The van der Waals surface area contributed by atoms with Gasteiger partial charge in [-0.3, -0.25) is 4.79 Å². The Bertz CT molecular complexity index is 1480. The summed E-state index contributed by atoms with van der Waals surface area (Å²) in [6.07, 6.45) is 0.278. The Morgan fingerprint density at radius 2 is 1.53 bits per heavy atom. The van der Waals surface area contributed by atoms with Crippen molar-refractivity contribution in [2.45, 2.75) is 11.0 Å². The van der Waals surface area contributed by atoms with Gasteiger partial charge in [-0.25, -0.2) is 3.97 Å². The Morgan fingerprint density at radius 3 is 2.03 bits per heavy atom. The zero-order chi connectivity index (χ0) is 25.7. The van der Waals surface area contributed by atoms with Crippen LogP contribution in [0.15, 0.2) is 36.5 Å². The third-order valence-corrected chi connectivity index (χ3v) is 6.27. The first-order valence-electron chi connectivity index (χ1n) is 8.32. The molecule has 3 rings (SSSR count). The van der Waals surface area contributed by atoms with Crippen LogP contribution in [0.1, 0.15) is 10.4 Å². The minimum atomic E-state index is -6.35. The van der Waals surface area contributed by atoms with Crippen LogP contribution in [0.25, 0.3) is 11.0 Å². The van der Waals surface area contributed by atoms with Crippen LogP contribution in [0.2, 0.25) is 0 Å². The quantitative estimate of drug-likeness (QED) is 0.275. The molecule has 0 unspecified atom stereocenters. The number of benzene rings is 1. The molecule has 0 saturated carbocycles. The van der Waals surface area contributed by atoms with Gasteiger partial charge in [-0.05, 0) is 30.3 Å². The number of fused-ring (bicyclic) bond motifs is 1. The van der Waals surface area contributed by atoms with Crippen LogP contribution in [-0.2, 0) is 20.1 Å². The molecule has 0 aliphatic heterocycles. The molecule has 0 aliphatic rings. The van der Waals surface area contributed by atoms with Gasteiger partial charge in [0.2, 0.25) is 17.7 Å². The van der Waals surface area contributed by atoms with Gasteiger partial charge in [-0.2, -0.15) is 53.1 Å². The molecule has 3 N–H and O–H groups in total. The number of rotatable bonds is 6. The van der Waals surface area contributed by atoms with E-state index in [-0.39, 0.29) is 17.4 Å². The number of aromatic nitrogens is 3. The van der Waals surface area contributed by atoms with Gasteiger partial charge in [-0.15, -0.1) is 0 Å². The summed E-state index contributed by atoms with van der Waals surface area (Å²) in [5.41, 5.74) is -7.82. The lowest BCUT2D eigenvalue weighted by atomic mass is 10.2. The number of primary amides is 1. The van der Waals surface area contributed by atoms with Crippen LogP contribution in [0.4, 0.5) is 38.0 Å². The maximum atomic E-state index is 13.0. The van der Waals surface area contributed by atoms with E-state index in [0.29, 0.717) is 6.07 Å². The molecule has 184 valence electrons. The highest BCUT2D eigenvalue weighted by atomic mass is 32.2. The van der Waals surface area contributed by atoms with Crippen LogP contribution in [0, 0.1) is 0 Å². The predicted molar refractivity (Wildman–Crippen MR) is 102 cm³/mol. The highest BCUT2D eigenvalue weighted by Gasteiger charge is 2.50. The Hall–Kier alpha value is -3.61. The van der Waals surface area contributed by atoms with E-state index in [9.17, 15) is 48.0 Å². The summed E-state index contributed by atoms with van der Waals surface area (Å²) in [4.78, 5) is 18.1. The van der Waals surface area contributed by atoms with Crippen LogP contribution in [-0.4, -0.2) is 47.7 Å². The molecule has 1 aromatic carbocycles. The molecule has 0 fully saturated rings. The molecule has 0 radical (unpaired) electrons. The fourth-order valence-corrected chi connectivity index (χ4v) is 3.63. The zero-order valence-corrected chi connectivity index (χ0v) is 17.5. The SMILES string of the molecule is NC(=O)c1ccc(Nc2nc(OS(=O)(=O)C(F)(F)F)c3ccn(S(=O)(=O)C(F)(F)F)c3n2)cc1. The topological polar surface area (TPSA) is 163 Å². The summed E-state index contributed by atoms with van der Waals surface area (Å²) in [7, 11) is -12.5. The number of halogens is 6. The summed E-state index contributed by atoms with van der Waals surface area (Å²) < 4.78 is 127. The molecule has 0 spiro atoms. The van der Waals surface area contributed by atoms with Crippen LogP contribution in [0.5, 0.6) is 5.88 Å². The van der Waals surface area contributed by atoms with E-state index in [2.05, 4.69) is 19.5 Å². The Labute approximate surface area is 185 Å². The molecular formula is C15H9F6N5O6S2. The molecule has 2 aromatic heterocycles. The van der Waals surface area contributed by atoms with E-state index < -0.39 is 63.9 Å². The molecule has 0 aliphatic carbocycles. The first-order valence-corrected chi connectivity index (χ1v) is 11.2. The third kappa shape index (κ3) is 4.55. The van der Waals surface area contributed by atoms with E-state index in [1.807, 2.05) is 0 Å². The van der Waals surface area contributed by atoms with Gasteiger partial charge in [0.05, 0.1) is 5.39 Å². The molecular weight excluding hydrogens is 524 g/mol. The number of nitrogens with two attached hydrogens (primary N) is 1. The summed E-state index contributed by atoms with van der Waals surface area (Å²) in [5.74, 6) is -3.06. The molecule has 3 aromatic rings. The average molecular weight is 533 g/mol. The summed E-state index contributed by atoms with van der Waals surface area (Å²) >= 11 is 0. The maximum Gasteiger partial charge on any atom is 0.534 e. The normalized spacial score (nSPS) is 13.1. The number of carbonyl (C=O) groups excluding carboxylic acids is 1. The number of anilines is 2. The summed E-state index contributed by atoms with van der Waals surface area (Å²) in [6.45, 7) is 0. The van der Waals surface area contributed by atoms with Gasteiger partial charge >= 0.3 is 31.2 Å². The van der Waals surface area contributed by atoms with Crippen molar-refractivity contribution < 1.29 is 52.2 Å². The van der Waals surface area contributed by atoms with Crippen molar-refractivity contribution in [2.24, 2.45) is 5.73 Å². The van der Waals surface area contributed by atoms with Crippen molar-refractivity contribution in [3.8, 4) is 5.88 Å². The van der Waals surface area contributed by atoms with Crippen molar-refractivity contribution in [1.29, 1.82) is 0 Å². The van der Waals surface area contributed by atoms with Gasteiger partial charge in [-0.1, -0.05) is 0 Å². The largest absolute Gasteiger partial charge is 0.534 e. The van der Waals surface area contributed by atoms with Gasteiger partial charge in [0, 0.05) is 17.4 Å². The van der Waals surface area contributed by atoms with Crippen molar-refractivity contribution in [3.63, 3.8) is 0 Å². The Morgan fingerprint density at radius 1 is 0.941 bits per heavy atom. The van der Waals surface area contributed by atoms with Crippen LogP contribution < -0.4 is 15.2 Å². The number of nitrogens with one attached hydrogen (secondary N) is 1. The summed E-state index contributed by atoms with van der Waals surface area (Å²) in [5, 5.41) is 1.42. The van der Waals surface area contributed by atoms with Crippen LogP contribution >= 0.6 is 0 Å². The number of carbonyl (C=O) groups is 1. The van der Waals surface area contributed by atoms with Crippen LogP contribution in [0.3, 0.4) is 0 Å². The second-order valence-corrected chi connectivity index (χ2v) is 9.55. The van der Waals surface area contributed by atoms with Crippen molar-refractivity contribution in [2.75, 3.05) is 5.32 Å². The molecule has 34 heavy (non-hydrogen) atoms. The summed E-state index contributed by atoms with van der Waals surface area (Å²) in [6, 6.07) is 5.26. The van der Waals surface area contributed by atoms with E-state index >= 15 is 0 Å². The monoisotopic (exact) mass is 533 g/mol. The first-order chi connectivity index (χ1) is 15.4. The Balaban J connectivity index is 2.21. The van der Waals surface area contributed by atoms with E-state index in [1.165, 1.54) is 24.3 Å². The second-order valence-electron chi connectivity index (χ2n) is 6.20. The molecule has 0 saturated heterocycles. The van der Waals surface area contributed by atoms with Gasteiger partial charge in [0.25, 0.3) is 0 Å². The van der Waals surface area contributed by atoms with Crippen molar-refractivity contribution >= 4 is 48.7 Å². The lowest BCUT2D eigenvalue weighted by Gasteiger charge is -2.13. The lowest BCUT2D eigenvalue weighted by molar-refractivity contribution is -0.0501. The first kappa shape index (κ1) is 25.0. The standard InChI is InChI=1S/C15H9F6N5O6S2/c16-14(17,18)33(28,29)26-6-5-9-11(26)24-13(23-8-3-1-7(2-4-8)10(22)27)25-12(9)32-34(30,31)15(19,20)21/h1-6H,(H2,22,27)(H,23,24,25). The molecule has 1 amide bonds. The number of nitrogens with zero attached hydrogens (tertiary/aromatic N) is 3. The highest BCUT2D eigenvalue weighted by Crippen LogP contribution is 2.34. The second kappa shape index (κ2) is 8.01. The number of hydrogen-bond donors (Lipinski definition) is 2. The molecule has 19 heteroatoms. The minimum Gasteiger partial charge on any atom is -0.366 e. The van der Waals surface area contributed by atoms with Gasteiger partial charge < -0.3 is 15.2 Å².